The van der Waals surface area contributed by atoms with E-state index in [9.17, 15) is 0 Å². The molecule has 1 nitrogen and oxygen atoms in total. The van der Waals surface area contributed by atoms with Gasteiger partial charge in [0.25, 0.3) is 0 Å². The third kappa shape index (κ3) is 3.17. The predicted octanol–water partition coefficient (Wildman–Crippen LogP) is 2.98. The first-order valence-electron chi connectivity index (χ1n) is 5.69. The summed E-state index contributed by atoms with van der Waals surface area (Å²) < 4.78 is 0. The lowest BCUT2D eigenvalue weighted by molar-refractivity contribution is 1.46. The van der Waals surface area contributed by atoms with E-state index in [1.54, 1.807) is 0 Å². The van der Waals surface area contributed by atoms with Crippen LogP contribution < -0.4 is 5.73 Å². The Labute approximate surface area is 108 Å². The maximum atomic E-state index is 5.78. The monoisotopic (exact) mass is 231 g/mol. The van der Waals surface area contributed by atoms with Crippen molar-refractivity contribution in [3.63, 3.8) is 0 Å². The molecule has 0 spiro atoms. The molecule has 2 aromatic carbocycles. The first kappa shape index (κ1) is 11.8. The number of nitrogen functional groups attached to an aromatic ring is 1. The van der Waals surface area contributed by atoms with E-state index in [1.807, 2.05) is 48.5 Å². The quantitative estimate of drug-likeness (QED) is 0.547. The molecule has 0 fully saturated rings. The van der Waals surface area contributed by atoms with Crippen molar-refractivity contribution < 1.29 is 0 Å². The molecule has 2 rings (SSSR count). The van der Waals surface area contributed by atoms with Crippen LogP contribution in [0.3, 0.4) is 0 Å². The molecule has 0 heterocycles. The standard InChI is InChI=1S/C17H13N/c1-14-10-12-15(13-11-14)6-2-3-7-16-8-4-5-9-17(16)18/h4-5,8-13H,18H2,1H3. The van der Waals surface area contributed by atoms with Gasteiger partial charge >= 0.3 is 0 Å². The van der Waals surface area contributed by atoms with E-state index in [4.69, 9.17) is 5.73 Å². The Morgan fingerprint density at radius 2 is 1.50 bits per heavy atom. The van der Waals surface area contributed by atoms with Gasteiger partial charge < -0.3 is 5.73 Å². The van der Waals surface area contributed by atoms with Gasteiger partial charge in [-0.2, -0.15) is 0 Å². The number of aryl methyl sites for hydroxylation is 1. The van der Waals surface area contributed by atoms with Crippen molar-refractivity contribution in [3.05, 3.63) is 65.2 Å². The molecule has 0 radical (unpaired) electrons. The van der Waals surface area contributed by atoms with Gasteiger partial charge in [0.1, 0.15) is 0 Å². The lowest BCUT2D eigenvalue weighted by atomic mass is 10.1. The maximum Gasteiger partial charge on any atom is 0.0485 e. The zero-order valence-corrected chi connectivity index (χ0v) is 10.2. The molecule has 0 saturated carbocycles. The third-order valence-corrected chi connectivity index (χ3v) is 2.48. The summed E-state index contributed by atoms with van der Waals surface area (Å²) in [4.78, 5) is 0. The van der Waals surface area contributed by atoms with Crippen LogP contribution in [0.5, 0.6) is 0 Å². The lowest BCUT2D eigenvalue weighted by Gasteiger charge is -1.93. The number of nitrogens with two attached hydrogens (primary N) is 1. The van der Waals surface area contributed by atoms with Crippen LogP contribution in [-0.4, -0.2) is 0 Å². The van der Waals surface area contributed by atoms with Crippen LogP contribution in [0.4, 0.5) is 5.69 Å². The molecule has 18 heavy (non-hydrogen) atoms. The Bertz CT molecular complexity index is 658. The van der Waals surface area contributed by atoms with E-state index in [-0.39, 0.29) is 0 Å². The Morgan fingerprint density at radius 3 is 2.22 bits per heavy atom. The summed E-state index contributed by atoms with van der Waals surface area (Å²) in [5.41, 5.74) is 9.47. The molecule has 0 aliphatic heterocycles. The third-order valence-electron chi connectivity index (χ3n) is 2.48. The Balaban J connectivity index is 2.14. The Kier molecular flexibility index (Phi) is 3.69. The number of hydrogen-bond acceptors (Lipinski definition) is 1. The lowest BCUT2D eigenvalue weighted by Crippen LogP contribution is -1.87. The van der Waals surface area contributed by atoms with Gasteiger partial charge in [-0.05, 0) is 43.0 Å². The molecular weight excluding hydrogens is 218 g/mol. The van der Waals surface area contributed by atoms with Gasteiger partial charge in [0.2, 0.25) is 0 Å². The first-order valence-corrected chi connectivity index (χ1v) is 5.69. The van der Waals surface area contributed by atoms with Gasteiger partial charge in [-0.15, -0.1) is 0 Å². The van der Waals surface area contributed by atoms with Crippen molar-refractivity contribution in [1.82, 2.24) is 0 Å². The molecule has 0 aliphatic carbocycles. The van der Waals surface area contributed by atoms with E-state index in [0.29, 0.717) is 5.69 Å². The molecule has 2 N–H and O–H groups in total. The molecule has 0 saturated heterocycles. The summed E-state index contributed by atoms with van der Waals surface area (Å²) >= 11 is 0. The molecule has 2 aromatic rings. The van der Waals surface area contributed by atoms with Gasteiger partial charge in [-0.3, -0.25) is 0 Å². The second-order valence-electron chi connectivity index (χ2n) is 3.95. The largest absolute Gasteiger partial charge is 0.398 e. The fourth-order valence-corrected chi connectivity index (χ4v) is 1.45. The van der Waals surface area contributed by atoms with Crippen molar-refractivity contribution in [1.29, 1.82) is 0 Å². The zero-order chi connectivity index (χ0) is 12.8. The van der Waals surface area contributed by atoms with Crippen LogP contribution >= 0.6 is 0 Å². The van der Waals surface area contributed by atoms with Crippen LogP contribution in [0.1, 0.15) is 16.7 Å². The second kappa shape index (κ2) is 5.62. The van der Waals surface area contributed by atoms with Crippen molar-refractivity contribution >= 4 is 5.69 Å². The molecule has 0 unspecified atom stereocenters. The van der Waals surface area contributed by atoms with Crippen LogP contribution in [0.2, 0.25) is 0 Å². The van der Waals surface area contributed by atoms with Crippen molar-refractivity contribution in [3.8, 4) is 23.7 Å². The fourth-order valence-electron chi connectivity index (χ4n) is 1.45. The number of hydrogen-bond donors (Lipinski definition) is 1. The van der Waals surface area contributed by atoms with Crippen molar-refractivity contribution in [2.45, 2.75) is 6.92 Å². The van der Waals surface area contributed by atoms with E-state index in [1.165, 1.54) is 5.56 Å². The molecule has 0 bridgehead atoms. The number of para-hydroxylation sites is 1. The van der Waals surface area contributed by atoms with Crippen molar-refractivity contribution in [2.75, 3.05) is 5.73 Å². The van der Waals surface area contributed by atoms with Gasteiger partial charge in [-0.25, -0.2) is 0 Å². The van der Waals surface area contributed by atoms with E-state index >= 15 is 0 Å². The highest BCUT2D eigenvalue weighted by molar-refractivity contribution is 5.57. The summed E-state index contributed by atoms with van der Waals surface area (Å²) in [6.45, 7) is 2.05. The number of benzene rings is 2. The number of anilines is 1. The van der Waals surface area contributed by atoms with Crippen LogP contribution in [0.25, 0.3) is 0 Å². The summed E-state index contributed by atoms with van der Waals surface area (Å²) in [5.74, 6) is 11.6. The maximum absolute atomic E-state index is 5.78. The van der Waals surface area contributed by atoms with E-state index < -0.39 is 0 Å². The van der Waals surface area contributed by atoms with Gasteiger partial charge in [0.15, 0.2) is 0 Å². The average Bonchev–Trinajstić information content (AvgIpc) is 2.39. The van der Waals surface area contributed by atoms with Crippen LogP contribution in [0, 0.1) is 30.6 Å². The average molecular weight is 231 g/mol. The van der Waals surface area contributed by atoms with E-state index in [2.05, 4.69) is 30.6 Å². The topological polar surface area (TPSA) is 26.0 Å². The van der Waals surface area contributed by atoms with Gasteiger partial charge in [0.05, 0.1) is 0 Å². The highest BCUT2D eigenvalue weighted by Crippen LogP contribution is 2.07. The zero-order valence-electron chi connectivity index (χ0n) is 10.2. The highest BCUT2D eigenvalue weighted by Gasteiger charge is 1.90. The van der Waals surface area contributed by atoms with Crippen LogP contribution in [-0.2, 0) is 0 Å². The first-order chi connectivity index (χ1) is 8.75. The molecule has 0 aromatic heterocycles. The molecule has 0 amide bonds. The summed E-state index contributed by atoms with van der Waals surface area (Å²) in [6, 6.07) is 15.6. The molecule has 1 heteroatoms. The Morgan fingerprint density at radius 1 is 0.833 bits per heavy atom. The van der Waals surface area contributed by atoms with Crippen LogP contribution in [0.15, 0.2) is 48.5 Å². The highest BCUT2D eigenvalue weighted by atomic mass is 14.5. The van der Waals surface area contributed by atoms with Crippen molar-refractivity contribution in [2.24, 2.45) is 0 Å². The minimum absolute atomic E-state index is 0.683. The van der Waals surface area contributed by atoms with Gasteiger partial charge in [0, 0.05) is 16.8 Å². The minimum atomic E-state index is 0.683. The summed E-state index contributed by atoms with van der Waals surface area (Å²) in [5, 5.41) is 0. The Hall–Kier alpha value is -2.64. The number of rotatable bonds is 0. The summed E-state index contributed by atoms with van der Waals surface area (Å²) in [6.07, 6.45) is 0. The predicted molar refractivity (Wildman–Crippen MR) is 75.8 cm³/mol. The normalized spacial score (nSPS) is 8.72. The van der Waals surface area contributed by atoms with Gasteiger partial charge in [-0.1, -0.05) is 41.7 Å². The fraction of sp³-hybridized carbons (Fsp3) is 0.0588. The van der Waals surface area contributed by atoms with E-state index in [0.717, 1.165) is 11.1 Å². The SMILES string of the molecule is Cc1ccc(C#CC#Cc2ccccc2N)cc1. The molecular formula is C17H13N. The molecule has 0 atom stereocenters. The molecule has 0 aliphatic rings. The summed E-state index contributed by atoms with van der Waals surface area (Å²) in [7, 11) is 0. The smallest absolute Gasteiger partial charge is 0.0485 e. The second-order valence-corrected chi connectivity index (χ2v) is 3.95. The molecule has 86 valence electrons. The minimum Gasteiger partial charge on any atom is -0.398 e.